The SMILES string of the molecule is COc1cc(C)c(C2(F)CCNC2)cc1C. The average molecular weight is 223 g/mol. The minimum Gasteiger partial charge on any atom is -0.496 e. The summed E-state index contributed by atoms with van der Waals surface area (Å²) in [7, 11) is 1.64. The number of aryl methyl sites for hydroxylation is 2. The van der Waals surface area contributed by atoms with E-state index < -0.39 is 5.67 Å². The van der Waals surface area contributed by atoms with Crippen LogP contribution < -0.4 is 10.1 Å². The van der Waals surface area contributed by atoms with Gasteiger partial charge in [0.15, 0.2) is 0 Å². The van der Waals surface area contributed by atoms with E-state index in [9.17, 15) is 4.39 Å². The van der Waals surface area contributed by atoms with Crippen molar-refractivity contribution in [2.45, 2.75) is 25.9 Å². The molecule has 1 aromatic rings. The molecule has 0 aromatic heterocycles. The molecule has 1 atom stereocenters. The third kappa shape index (κ3) is 1.80. The van der Waals surface area contributed by atoms with Gasteiger partial charge in [-0.15, -0.1) is 0 Å². The largest absolute Gasteiger partial charge is 0.496 e. The summed E-state index contributed by atoms with van der Waals surface area (Å²) in [5, 5.41) is 3.08. The van der Waals surface area contributed by atoms with Crippen LogP contribution in [0, 0.1) is 13.8 Å². The number of nitrogens with one attached hydrogen (secondary N) is 1. The summed E-state index contributed by atoms with van der Waals surface area (Å²) in [6.07, 6.45) is 0.555. The maximum Gasteiger partial charge on any atom is 0.149 e. The number of ether oxygens (including phenoxy) is 1. The van der Waals surface area contributed by atoms with Crippen molar-refractivity contribution in [2.75, 3.05) is 20.2 Å². The maximum absolute atomic E-state index is 14.6. The molecule has 3 heteroatoms. The Hall–Kier alpha value is -1.09. The van der Waals surface area contributed by atoms with Gasteiger partial charge in [-0.05, 0) is 55.6 Å². The Morgan fingerprint density at radius 3 is 2.62 bits per heavy atom. The fraction of sp³-hybridized carbons (Fsp3) is 0.538. The van der Waals surface area contributed by atoms with E-state index >= 15 is 0 Å². The number of halogens is 1. The first-order valence-electron chi connectivity index (χ1n) is 5.62. The van der Waals surface area contributed by atoms with Crippen molar-refractivity contribution in [3.05, 3.63) is 28.8 Å². The van der Waals surface area contributed by atoms with Crippen molar-refractivity contribution in [3.63, 3.8) is 0 Å². The predicted molar refractivity (Wildman–Crippen MR) is 62.7 cm³/mol. The van der Waals surface area contributed by atoms with Crippen LogP contribution >= 0.6 is 0 Å². The molecule has 0 saturated carbocycles. The Morgan fingerprint density at radius 2 is 2.06 bits per heavy atom. The van der Waals surface area contributed by atoms with Crippen LogP contribution in [0.4, 0.5) is 4.39 Å². The van der Waals surface area contributed by atoms with Crippen LogP contribution in [0.25, 0.3) is 0 Å². The molecular weight excluding hydrogens is 205 g/mol. The lowest BCUT2D eigenvalue weighted by molar-refractivity contribution is 0.192. The Kier molecular flexibility index (Phi) is 2.89. The summed E-state index contributed by atoms with van der Waals surface area (Å²) in [4.78, 5) is 0. The van der Waals surface area contributed by atoms with Crippen molar-refractivity contribution in [1.29, 1.82) is 0 Å². The summed E-state index contributed by atoms with van der Waals surface area (Å²) in [6, 6.07) is 3.84. The van der Waals surface area contributed by atoms with Gasteiger partial charge in [-0.2, -0.15) is 0 Å². The number of hydrogen-bond acceptors (Lipinski definition) is 2. The standard InChI is InChI=1S/C13H18FNO/c1-9-7-12(16-3)10(2)6-11(9)13(14)4-5-15-8-13/h6-7,15H,4-5,8H2,1-3H3. The third-order valence-corrected chi connectivity index (χ3v) is 3.33. The quantitative estimate of drug-likeness (QED) is 0.831. The molecule has 2 rings (SSSR count). The predicted octanol–water partition coefficient (Wildman–Crippen LogP) is 2.47. The first-order chi connectivity index (χ1) is 7.57. The van der Waals surface area contributed by atoms with Crippen molar-refractivity contribution >= 4 is 0 Å². The minimum absolute atomic E-state index is 0.416. The normalized spacial score (nSPS) is 24.8. The Morgan fingerprint density at radius 1 is 1.31 bits per heavy atom. The molecule has 2 nitrogen and oxygen atoms in total. The molecule has 1 aliphatic heterocycles. The number of alkyl halides is 1. The number of rotatable bonds is 2. The van der Waals surface area contributed by atoms with Crippen LogP contribution in [0.3, 0.4) is 0 Å². The third-order valence-electron chi connectivity index (χ3n) is 3.33. The van der Waals surface area contributed by atoms with Gasteiger partial charge in [-0.1, -0.05) is 0 Å². The summed E-state index contributed by atoms with van der Waals surface area (Å²) < 4.78 is 19.9. The molecule has 1 N–H and O–H groups in total. The smallest absolute Gasteiger partial charge is 0.149 e. The summed E-state index contributed by atoms with van der Waals surface area (Å²) in [5.41, 5.74) is 1.55. The van der Waals surface area contributed by atoms with E-state index in [0.29, 0.717) is 13.0 Å². The molecule has 1 aromatic carbocycles. The van der Waals surface area contributed by atoms with Gasteiger partial charge in [0.2, 0.25) is 0 Å². The lowest BCUT2D eigenvalue weighted by Crippen LogP contribution is -2.24. The van der Waals surface area contributed by atoms with Crippen LogP contribution in [0.5, 0.6) is 5.75 Å². The Bertz CT molecular complexity index is 397. The highest BCUT2D eigenvalue weighted by molar-refractivity contribution is 5.44. The molecule has 1 heterocycles. The van der Waals surface area contributed by atoms with Crippen LogP contribution in [0.1, 0.15) is 23.1 Å². The highest BCUT2D eigenvalue weighted by atomic mass is 19.1. The molecule has 1 fully saturated rings. The van der Waals surface area contributed by atoms with Gasteiger partial charge in [-0.3, -0.25) is 0 Å². The van der Waals surface area contributed by atoms with E-state index in [1.54, 1.807) is 7.11 Å². The van der Waals surface area contributed by atoms with E-state index in [0.717, 1.165) is 29.0 Å². The van der Waals surface area contributed by atoms with Crippen LogP contribution in [0.2, 0.25) is 0 Å². The van der Waals surface area contributed by atoms with Gasteiger partial charge in [0.25, 0.3) is 0 Å². The zero-order valence-corrected chi connectivity index (χ0v) is 10.1. The molecule has 0 bridgehead atoms. The van der Waals surface area contributed by atoms with E-state index in [-0.39, 0.29) is 0 Å². The van der Waals surface area contributed by atoms with Crippen molar-refractivity contribution in [3.8, 4) is 5.75 Å². The Labute approximate surface area is 95.8 Å². The summed E-state index contributed by atoms with van der Waals surface area (Å²) in [6.45, 7) is 5.06. The van der Waals surface area contributed by atoms with Crippen LogP contribution in [0.15, 0.2) is 12.1 Å². The van der Waals surface area contributed by atoms with Gasteiger partial charge in [0, 0.05) is 6.54 Å². The second-order valence-electron chi connectivity index (χ2n) is 4.53. The van der Waals surface area contributed by atoms with E-state index in [2.05, 4.69) is 5.32 Å². The first kappa shape index (κ1) is 11.4. The molecule has 0 amide bonds. The molecule has 16 heavy (non-hydrogen) atoms. The molecular formula is C13H18FNO. The summed E-state index contributed by atoms with van der Waals surface area (Å²) in [5.74, 6) is 0.829. The first-order valence-corrected chi connectivity index (χ1v) is 5.62. The fourth-order valence-electron chi connectivity index (χ4n) is 2.38. The minimum atomic E-state index is -1.21. The van der Waals surface area contributed by atoms with E-state index in [1.165, 1.54) is 0 Å². The highest BCUT2D eigenvalue weighted by Gasteiger charge is 2.36. The number of methoxy groups -OCH3 is 1. The molecule has 1 saturated heterocycles. The van der Waals surface area contributed by atoms with E-state index in [4.69, 9.17) is 4.74 Å². The zero-order valence-electron chi connectivity index (χ0n) is 10.1. The maximum atomic E-state index is 14.6. The second kappa shape index (κ2) is 4.06. The van der Waals surface area contributed by atoms with Crippen LogP contribution in [-0.2, 0) is 5.67 Å². The van der Waals surface area contributed by atoms with Crippen molar-refractivity contribution < 1.29 is 9.13 Å². The van der Waals surface area contributed by atoms with Gasteiger partial charge >= 0.3 is 0 Å². The number of benzene rings is 1. The monoisotopic (exact) mass is 223 g/mol. The Balaban J connectivity index is 2.45. The molecule has 0 aliphatic carbocycles. The number of hydrogen-bond donors (Lipinski definition) is 1. The van der Waals surface area contributed by atoms with Crippen molar-refractivity contribution in [2.24, 2.45) is 0 Å². The topological polar surface area (TPSA) is 21.3 Å². The molecule has 1 aliphatic rings. The van der Waals surface area contributed by atoms with Crippen molar-refractivity contribution in [1.82, 2.24) is 5.32 Å². The van der Waals surface area contributed by atoms with Crippen LogP contribution in [-0.4, -0.2) is 20.2 Å². The zero-order chi connectivity index (χ0) is 11.8. The van der Waals surface area contributed by atoms with E-state index in [1.807, 2.05) is 26.0 Å². The average Bonchev–Trinajstić information content (AvgIpc) is 2.69. The molecule has 0 spiro atoms. The van der Waals surface area contributed by atoms with Gasteiger partial charge in [0.05, 0.1) is 7.11 Å². The van der Waals surface area contributed by atoms with Gasteiger partial charge < -0.3 is 10.1 Å². The lowest BCUT2D eigenvalue weighted by atomic mass is 9.89. The summed E-state index contributed by atoms with van der Waals surface area (Å²) >= 11 is 0. The second-order valence-corrected chi connectivity index (χ2v) is 4.53. The fourth-order valence-corrected chi connectivity index (χ4v) is 2.38. The van der Waals surface area contributed by atoms with Gasteiger partial charge in [0.1, 0.15) is 11.4 Å². The lowest BCUT2D eigenvalue weighted by Gasteiger charge is -2.22. The molecule has 0 radical (unpaired) electrons. The molecule has 88 valence electrons. The van der Waals surface area contributed by atoms with Gasteiger partial charge in [-0.25, -0.2) is 4.39 Å². The molecule has 1 unspecified atom stereocenters. The highest BCUT2D eigenvalue weighted by Crippen LogP contribution is 2.36.